The van der Waals surface area contributed by atoms with Crippen LogP contribution < -0.4 is 10.1 Å². The monoisotopic (exact) mass is 337 g/mol. The molecule has 1 unspecified atom stereocenters. The SMILES string of the molecule is CCNC(Cc1cc(OC)ccc1Br)c1cn(C)cn1. The molecule has 4 nitrogen and oxygen atoms in total. The molecule has 0 aliphatic heterocycles. The van der Waals surface area contributed by atoms with E-state index < -0.39 is 0 Å². The van der Waals surface area contributed by atoms with E-state index in [0.717, 1.165) is 28.9 Å². The maximum absolute atomic E-state index is 5.30. The van der Waals surface area contributed by atoms with Crippen LogP contribution in [0.5, 0.6) is 5.75 Å². The number of nitrogens with zero attached hydrogens (tertiary/aromatic N) is 2. The molecule has 1 heterocycles. The highest BCUT2D eigenvalue weighted by atomic mass is 79.9. The van der Waals surface area contributed by atoms with E-state index in [1.165, 1.54) is 5.56 Å². The average molecular weight is 338 g/mol. The van der Waals surface area contributed by atoms with Crippen molar-refractivity contribution in [3.8, 4) is 5.75 Å². The van der Waals surface area contributed by atoms with Crippen LogP contribution in [0.25, 0.3) is 0 Å². The number of rotatable bonds is 6. The Morgan fingerprint density at radius 1 is 1.45 bits per heavy atom. The van der Waals surface area contributed by atoms with Gasteiger partial charge >= 0.3 is 0 Å². The third-order valence-corrected chi connectivity index (χ3v) is 3.98. The van der Waals surface area contributed by atoms with Crippen molar-refractivity contribution < 1.29 is 4.74 Å². The molecule has 1 atom stereocenters. The molecule has 5 heteroatoms. The number of aromatic nitrogens is 2. The van der Waals surface area contributed by atoms with Gasteiger partial charge in [-0.15, -0.1) is 0 Å². The van der Waals surface area contributed by atoms with E-state index in [-0.39, 0.29) is 6.04 Å². The van der Waals surface area contributed by atoms with Crippen molar-refractivity contribution in [2.24, 2.45) is 7.05 Å². The van der Waals surface area contributed by atoms with E-state index in [1.54, 1.807) is 7.11 Å². The number of halogens is 1. The predicted octanol–water partition coefficient (Wildman–Crippen LogP) is 3.08. The van der Waals surface area contributed by atoms with Gasteiger partial charge in [-0.1, -0.05) is 22.9 Å². The Kier molecular flexibility index (Phi) is 5.20. The first-order valence-corrected chi connectivity index (χ1v) is 7.47. The number of ether oxygens (including phenoxy) is 1. The lowest BCUT2D eigenvalue weighted by Crippen LogP contribution is -2.23. The summed E-state index contributed by atoms with van der Waals surface area (Å²) < 4.78 is 8.37. The summed E-state index contributed by atoms with van der Waals surface area (Å²) in [6.07, 6.45) is 4.75. The van der Waals surface area contributed by atoms with Crippen molar-refractivity contribution >= 4 is 15.9 Å². The fourth-order valence-electron chi connectivity index (χ4n) is 2.20. The minimum absolute atomic E-state index is 0.199. The molecule has 1 aromatic carbocycles. The third kappa shape index (κ3) is 3.61. The van der Waals surface area contributed by atoms with E-state index in [4.69, 9.17) is 4.74 Å². The summed E-state index contributed by atoms with van der Waals surface area (Å²) in [4.78, 5) is 4.46. The third-order valence-electron chi connectivity index (χ3n) is 3.21. The summed E-state index contributed by atoms with van der Waals surface area (Å²) in [6.45, 7) is 3.01. The van der Waals surface area contributed by atoms with Gasteiger partial charge in [0.2, 0.25) is 0 Å². The quantitative estimate of drug-likeness (QED) is 0.880. The van der Waals surface area contributed by atoms with Crippen LogP contribution in [0.2, 0.25) is 0 Å². The Morgan fingerprint density at radius 3 is 2.85 bits per heavy atom. The number of methoxy groups -OCH3 is 1. The summed E-state index contributed by atoms with van der Waals surface area (Å²) in [5.74, 6) is 0.875. The number of likely N-dealkylation sites (N-methyl/N-ethyl adjacent to an activating group) is 1. The summed E-state index contributed by atoms with van der Waals surface area (Å²) in [5, 5.41) is 3.49. The smallest absolute Gasteiger partial charge is 0.119 e. The van der Waals surface area contributed by atoms with Crippen LogP contribution >= 0.6 is 15.9 Å². The van der Waals surface area contributed by atoms with Crippen LogP contribution in [0.4, 0.5) is 0 Å². The largest absolute Gasteiger partial charge is 0.497 e. The van der Waals surface area contributed by atoms with Gasteiger partial charge in [0.25, 0.3) is 0 Å². The maximum atomic E-state index is 5.30. The first-order valence-electron chi connectivity index (χ1n) is 6.67. The molecular formula is C15H20BrN3O. The molecule has 0 spiro atoms. The Labute approximate surface area is 128 Å². The second-order valence-electron chi connectivity index (χ2n) is 4.74. The van der Waals surface area contributed by atoms with Crippen molar-refractivity contribution in [1.82, 2.24) is 14.9 Å². The minimum Gasteiger partial charge on any atom is -0.497 e. The van der Waals surface area contributed by atoms with Gasteiger partial charge in [0.1, 0.15) is 5.75 Å². The number of benzene rings is 1. The molecule has 0 radical (unpaired) electrons. The molecule has 0 saturated heterocycles. The second kappa shape index (κ2) is 6.90. The normalized spacial score (nSPS) is 12.4. The highest BCUT2D eigenvalue weighted by molar-refractivity contribution is 9.10. The number of nitrogens with one attached hydrogen (secondary N) is 1. The van der Waals surface area contributed by atoms with Crippen LogP contribution in [0.1, 0.15) is 24.2 Å². The van der Waals surface area contributed by atoms with Crippen LogP contribution in [0, 0.1) is 0 Å². The van der Waals surface area contributed by atoms with Crippen molar-refractivity contribution in [3.05, 3.63) is 46.5 Å². The predicted molar refractivity (Wildman–Crippen MR) is 84.0 cm³/mol. The van der Waals surface area contributed by atoms with Crippen molar-refractivity contribution in [2.45, 2.75) is 19.4 Å². The molecule has 1 N–H and O–H groups in total. The Bertz CT molecular complexity index is 568. The standard InChI is InChI=1S/C15H20BrN3O/c1-4-17-14(15-9-19(2)10-18-15)8-11-7-12(20-3)5-6-13(11)16/h5-7,9-10,14,17H,4,8H2,1-3H3. The molecule has 0 aliphatic rings. The minimum atomic E-state index is 0.199. The van der Waals surface area contributed by atoms with Gasteiger partial charge in [0, 0.05) is 17.7 Å². The maximum Gasteiger partial charge on any atom is 0.119 e. The second-order valence-corrected chi connectivity index (χ2v) is 5.59. The lowest BCUT2D eigenvalue weighted by Gasteiger charge is -2.17. The fourth-order valence-corrected chi connectivity index (χ4v) is 2.60. The number of aryl methyl sites for hydroxylation is 1. The van der Waals surface area contributed by atoms with Gasteiger partial charge in [-0.05, 0) is 36.7 Å². The zero-order valence-corrected chi connectivity index (χ0v) is 13.6. The summed E-state index contributed by atoms with van der Waals surface area (Å²) >= 11 is 3.61. The van der Waals surface area contributed by atoms with Gasteiger partial charge in [0.05, 0.1) is 25.2 Å². The fraction of sp³-hybridized carbons (Fsp3) is 0.400. The molecule has 108 valence electrons. The topological polar surface area (TPSA) is 39.1 Å². The number of imidazole rings is 1. The molecule has 0 fully saturated rings. The first kappa shape index (κ1) is 15.1. The van der Waals surface area contributed by atoms with Gasteiger partial charge in [-0.25, -0.2) is 4.98 Å². The van der Waals surface area contributed by atoms with Gasteiger partial charge in [-0.2, -0.15) is 0 Å². The van der Waals surface area contributed by atoms with E-state index in [1.807, 2.05) is 30.1 Å². The highest BCUT2D eigenvalue weighted by Crippen LogP contribution is 2.27. The molecule has 0 amide bonds. The van der Waals surface area contributed by atoms with Crippen molar-refractivity contribution in [3.63, 3.8) is 0 Å². The van der Waals surface area contributed by atoms with Gasteiger partial charge < -0.3 is 14.6 Å². The van der Waals surface area contributed by atoms with Crippen LogP contribution in [-0.2, 0) is 13.5 Å². The summed E-state index contributed by atoms with van der Waals surface area (Å²) in [7, 11) is 3.68. The first-order chi connectivity index (χ1) is 9.63. The highest BCUT2D eigenvalue weighted by Gasteiger charge is 2.15. The summed E-state index contributed by atoms with van der Waals surface area (Å²) in [5.41, 5.74) is 2.27. The molecule has 20 heavy (non-hydrogen) atoms. The van der Waals surface area contributed by atoms with E-state index in [9.17, 15) is 0 Å². The Morgan fingerprint density at radius 2 is 2.25 bits per heavy atom. The molecule has 0 aliphatic carbocycles. The van der Waals surface area contributed by atoms with Gasteiger partial charge in [0.15, 0.2) is 0 Å². The van der Waals surface area contributed by atoms with E-state index >= 15 is 0 Å². The van der Waals surface area contributed by atoms with E-state index in [0.29, 0.717) is 0 Å². The average Bonchev–Trinajstić information content (AvgIpc) is 2.87. The molecular weight excluding hydrogens is 318 g/mol. The van der Waals surface area contributed by atoms with Crippen LogP contribution in [0.15, 0.2) is 35.2 Å². The zero-order chi connectivity index (χ0) is 14.5. The molecule has 2 rings (SSSR count). The number of hydrogen-bond donors (Lipinski definition) is 1. The molecule has 0 saturated carbocycles. The number of hydrogen-bond acceptors (Lipinski definition) is 3. The molecule has 1 aromatic heterocycles. The van der Waals surface area contributed by atoms with Crippen LogP contribution in [-0.4, -0.2) is 23.2 Å². The summed E-state index contributed by atoms with van der Waals surface area (Å²) in [6, 6.07) is 6.24. The Hall–Kier alpha value is -1.33. The lowest BCUT2D eigenvalue weighted by atomic mass is 10.0. The van der Waals surface area contributed by atoms with Crippen molar-refractivity contribution in [1.29, 1.82) is 0 Å². The molecule has 2 aromatic rings. The van der Waals surface area contributed by atoms with Crippen LogP contribution in [0.3, 0.4) is 0 Å². The van der Waals surface area contributed by atoms with Crippen molar-refractivity contribution in [2.75, 3.05) is 13.7 Å². The van der Waals surface area contributed by atoms with Gasteiger partial charge in [-0.3, -0.25) is 0 Å². The molecule has 0 bridgehead atoms. The zero-order valence-electron chi connectivity index (χ0n) is 12.1. The van der Waals surface area contributed by atoms with E-state index in [2.05, 4.69) is 45.4 Å². The lowest BCUT2D eigenvalue weighted by molar-refractivity contribution is 0.413. The Balaban J connectivity index is 2.23.